The minimum absolute atomic E-state index is 1.15. The lowest BCUT2D eigenvalue weighted by Crippen LogP contribution is -1.69. The minimum Gasteiger partial charge on any atom is -0.0683 e. The molecule has 0 fully saturated rings. The Morgan fingerprint density at radius 3 is 1.55 bits per heavy atom. The molecule has 0 bridgehead atoms. The fraction of sp³-hybridized carbons (Fsp3) is 0.333. The first kappa shape index (κ1) is 21.7. The van der Waals surface area contributed by atoms with E-state index in [1.54, 1.807) is 0 Å². The third kappa shape index (κ3) is 11.2. The molecule has 2 rings (SSSR count). The van der Waals surface area contributed by atoms with E-state index in [9.17, 15) is 0 Å². The lowest BCUT2D eigenvalue weighted by Gasteiger charge is -1.91. The van der Waals surface area contributed by atoms with Crippen LogP contribution < -0.4 is 0 Å². The summed E-state index contributed by atoms with van der Waals surface area (Å²) in [6, 6.07) is 16.4. The largest absolute Gasteiger partial charge is 0.0683 e. The van der Waals surface area contributed by atoms with Gasteiger partial charge in [0.15, 0.2) is 0 Å². The highest BCUT2D eigenvalue weighted by Gasteiger charge is 1.86. The lowest BCUT2D eigenvalue weighted by atomic mass is 10.2. The Kier molecular flexibility index (Phi) is 16.1. The van der Waals surface area contributed by atoms with Crippen molar-refractivity contribution >= 4 is 31.9 Å². The van der Waals surface area contributed by atoms with E-state index in [0.29, 0.717) is 0 Å². The molecule has 0 saturated carbocycles. The van der Waals surface area contributed by atoms with Gasteiger partial charge in [0.1, 0.15) is 0 Å². The van der Waals surface area contributed by atoms with Crippen molar-refractivity contribution in [2.75, 3.05) is 0 Å². The average Bonchev–Trinajstić information content (AvgIpc) is 2.47. The van der Waals surface area contributed by atoms with E-state index in [1.165, 1.54) is 15.6 Å². The molecule has 2 heteroatoms. The van der Waals surface area contributed by atoms with Gasteiger partial charge in [-0.1, -0.05) is 95.5 Å². The van der Waals surface area contributed by atoms with Crippen molar-refractivity contribution in [1.82, 2.24) is 0 Å². The maximum atomic E-state index is 3.40. The predicted molar refractivity (Wildman–Crippen MR) is 100 cm³/mol. The third-order valence-corrected chi connectivity index (χ3v) is 3.44. The molecule has 0 aliphatic rings. The molecule has 2 aromatic carbocycles. The first-order valence-corrected chi connectivity index (χ1v) is 8.61. The highest BCUT2D eigenvalue weighted by molar-refractivity contribution is 9.10. The fourth-order valence-corrected chi connectivity index (χ4v) is 1.96. The number of benzene rings is 2. The van der Waals surface area contributed by atoms with Gasteiger partial charge in [-0.3, -0.25) is 0 Å². The number of hydrogen-bond donors (Lipinski definition) is 0. The molecule has 0 spiro atoms. The molecule has 0 aliphatic carbocycles. The van der Waals surface area contributed by atoms with Gasteiger partial charge in [-0.05, 0) is 37.6 Å². The summed E-state index contributed by atoms with van der Waals surface area (Å²) < 4.78 is 2.33. The van der Waals surface area contributed by atoms with Gasteiger partial charge in [0.2, 0.25) is 0 Å². The molecule has 2 aromatic rings. The van der Waals surface area contributed by atoms with Crippen LogP contribution in [0.1, 0.15) is 38.8 Å². The second kappa shape index (κ2) is 14.8. The van der Waals surface area contributed by atoms with Gasteiger partial charge in [-0.2, -0.15) is 0 Å². The Bertz CT molecular complexity index is 412. The van der Waals surface area contributed by atoms with Crippen LogP contribution in [0.2, 0.25) is 0 Å². The van der Waals surface area contributed by atoms with E-state index in [2.05, 4.69) is 63.9 Å². The number of hydrogen-bond acceptors (Lipinski definition) is 0. The van der Waals surface area contributed by atoms with Gasteiger partial charge < -0.3 is 0 Å². The number of halogens is 2. The third-order valence-electron chi connectivity index (χ3n) is 2.06. The van der Waals surface area contributed by atoms with Crippen LogP contribution in [0.4, 0.5) is 0 Å². The zero-order valence-corrected chi connectivity index (χ0v) is 16.5. The quantitative estimate of drug-likeness (QED) is 0.426. The summed E-state index contributed by atoms with van der Waals surface area (Å²) in [7, 11) is 0. The molecule has 0 radical (unpaired) electrons. The summed E-state index contributed by atoms with van der Waals surface area (Å²) in [6.45, 7) is 12.1. The Morgan fingerprint density at radius 2 is 1.25 bits per heavy atom. The highest BCUT2D eigenvalue weighted by atomic mass is 79.9. The van der Waals surface area contributed by atoms with E-state index in [4.69, 9.17) is 0 Å². The Balaban J connectivity index is 0. The summed E-state index contributed by atoms with van der Waals surface area (Å²) in [4.78, 5) is 0. The highest BCUT2D eigenvalue weighted by Crippen LogP contribution is 2.13. The van der Waals surface area contributed by atoms with Gasteiger partial charge in [0.05, 0.1) is 0 Å². The molecule has 0 aliphatic heterocycles. The average molecular weight is 402 g/mol. The van der Waals surface area contributed by atoms with Gasteiger partial charge >= 0.3 is 0 Å². The second-order valence-electron chi connectivity index (χ2n) is 3.55. The van der Waals surface area contributed by atoms with Gasteiger partial charge in [-0.25, -0.2) is 0 Å². The molecule has 20 heavy (non-hydrogen) atoms. The first-order chi connectivity index (χ1) is 9.59. The molecule has 0 atom stereocenters. The van der Waals surface area contributed by atoms with Gasteiger partial charge in [0.25, 0.3) is 0 Å². The van der Waals surface area contributed by atoms with Crippen LogP contribution in [-0.4, -0.2) is 0 Å². The summed E-state index contributed by atoms with van der Waals surface area (Å²) in [6.07, 6.45) is 0. The van der Waals surface area contributed by atoms with Crippen molar-refractivity contribution < 1.29 is 0 Å². The second-order valence-corrected chi connectivity index (χ2v) is 5.32. The molecule has 0 unspecified atom stereocenters. The van der Waals surface area contributed by atoms with Crippen LogP contribution >= 0.6 is 31.9 Å². The van der Waals surface area contributed by atoms with E-state index < -0.39 is 0 Å². The minimum atomic E-state index is 1.15. The molecular weight excluding hydrogens is 376 g/mol. The zero-order valence-electron chi connectivity index (χ0n) is 13.4. The topological polar surface area (TPSA) is 0 Å². The van der Waals surface area contributed by atoms with E-state index >= 15 is 0 Å². The Labute approximate surface area is 141 Å². The maximum absolute atomic E-state index is 3.40. The van der Waals surface area contributed by atoms with Crippen LogP contribution in [0.3, 0.4) is 0 Å². The van der Waals surface area contributed by atoms with Crippen LogP contribution in [-0.2, 0) is 0 Å². The molecule has 0 N–H and O–H groups in total. The standard InChI is InChI=1S/2C7H7Br.2C2H6/c1-6-3-2-4-7(8)5-6;1-6-4-2-3-5-7(6)8;2*1-2/h2*2-5H,1H3;2*1-2H3. The van der Waals surface area contributed by atoms with Gasteiger partial charge in [-0.15, -0.1) is 0 Å². The van der Waals surface area contributed by atoms with Crippen molar-refractivity contribution in [1.29, 1.82) is 0 Å². The van der Waals surface area contributed by atoms with E-state index in [1.807, 2.05) is 58.0 Å². The normalized spacial score (nSPS) is 8.00. The fourth-order valence-electron chi connectivity index (χ4n) is 1.16. The Hall–Kier alpha value is -0.600. The van der Waals surface area contributed by atoms with Crippen LogP contribution in [0.15, 0.2) is 57.5 Å². The Morgan fingerprint density at radius 1 is 0.700 bits per heavy atom. The molecule has 0 aromatic heterocycles. The summed E-state index contributed by atoms with van der Waals surface area (Å²) in [5.74, 6) is 0. The van der Waals surface area contributed by atoms with Crippen LogP contribution in [0.5, 0.6) is 0 Å². The molecule has 0 nitrogen and oxygen atoms in total. The summed E-state index contributed by atoms with van der Waals surface area (Å²) in [5, 5.41) is 0. The predicted octanol–water partition coefficient (Wildman–Crippen LogP) is 7.57. The molecule has 0 saturated heterocycles. The molecular formula is C18H26Br2. The lowest BCUT2D eigenvalue weighted by molar-refractivity contribution is 1.43. The maximum Gasteiger partial charge on any atom is 0.0204 e. The smallest absolute Gasteiger partial charge is 0.0204 e. The molecule has 0 heterocycles. The van der Waals surface area contributed by atoms with Crippen LogP contribution in [0.25, 0.3) is 0 Å². The summed E-state index contributed by atoms with van der Waals surface area (Å²) >= 11 is 6.76. The van der Waals surface area contributed by atoms with Crippen molar-refractivity contribution in [2.24, 2.45) is 0 Å². The SMILES string of the molecule is CC.CC.Cc1cccc(Br)c1.Cc1ccccc1Br. The first-order valence-electron chi connectivity index (χ1n) is 7.03. The van der Waals surface area contributed by atoms with Crippen molar-refractivity contribution in [2.45, 2.75) is 41.5 Å². The molecule has 0 amide bonds. The van der Waals surface area contributed by atoms with E-state index in [-0.39, 0.29) is 0 Å². The van der Waals surface area contributed by atoms with Crippen molar-refractivity contribution in [3.63, 3.8) is 0 Å². The molecule has 112 valence electrons. The van der Waals surface area contributed by atoms with Crippen molar-refractivity contribution in [3.05, 3.63) is 68.6 Å². The monoisotopic (exact) mass is 400 g/mol. The van der Waals surface area contributed by atoms with Crippen molar-refractivity contribution in [3.8, 4) is 0 Å². The number of rotatable bonds is 0. The number of aryl methyl sites for hydroxylation is 2. The van der Waals surface area contributed by atoms with Crippen LogP contribution in [0, 0.1) is 13.8 Å². The zero-order chi connectivity index (χ0) is 16.0. The van der Waals surface area contributed by atoms with E-state index in [0.717, 1.165) is 4.47 Å². The van der Waals surface area contributed by atoms with Gasteiger partial charge in [0, 0.05) is 8.95 Å². The summed E-state index contributed by atoms with van der Waals surface area (Å²) in [5.41, 5.74) is 2.58.